The molecule has 1 aromatic carbocycles. The molecule has 2 aromatic rings. The Labute approximate surface area is 135 Å². The Hall–Kier alpha value is -1.23. The van der Waals surface area contributed by atoms with E-state index in [2.05, 4.69) is 63.1 Å². The number of nitrogens with zero attached hydrogens (tertiary/aromatic N) is 2. The summed E-state index contributed by atoms with van der Waals surface area (Å²) >= 11 is 3.64. The zero-order valence-electron chi connectivity index (χ0n) is 12.6. The van der Waals surface area contributed by atoms with E-state index in [0.29, 0.717) is 6.54 Å². The van der Waals surface area contributed by atoms with Gasteiger partial charge in [0, 0.05) is 29.8 Å². The third-order valence-electron chi connectivity index (χ3n) is 3.53. The smallest absolute Gasteiger partial charge is 0.0547 e. The molecule has 0 aliphatic carbocycles. The molecular formula is C17H22BrN3. The van der Waals surface area contributed by atoms with Gasteiger partial charge in [-0.3, -0.25) is 9.88 Å². The molecule has 1 aromatic heterocycles. The Morgan fingerprint density at radius 1 is 1.19 bits per heavy atom. The number of aromatic nitrogens is 1. The average Bonchev–Trinajstić information content (AvgIpc) is 2.48. The van der Waals surface area contributed by atoms with Gasteiger partial charge in [0.1, 0.15) is 0 Å². The second kappa shape index (κ2) is 7.69. The highest BCUT2D eigenvalue weighted by molar-refractivity contribution is 9.10. The summed E-state index contributed by atoms with van der Waals surface area (Å²) in [6.45, 7) is 7.53. The van der Waals surface area contributed by atoms with Crippen molar-refractivity contribution in [3.05, 3.63) is 63.4 Å². The standard InChI is InChI=1S/C17H22BrN3/c1-3-21(12-16-6-4-5-13(2)20-16)11-15-8-7-14(10-19)9-17(15)18/h4-9H,3,10-12,19H2,1-2H3. The Bertz CT molecular complexity index is 598. The number of hydrogen-bond acceptors (Lipinski definition) is 3. The molecule has 0 radical (unpaired) electrons. The van der Waals surface area contributed by atoms with Crippen LogP contribution in [-0.4, -0.2) is 16.4 Å². The van der Waals surface area contributed by atoms with Crippen molar-refractivity contribution >= 4 is 15.9 Å². The van der Waals surface area contributed by atoms with Gasteiger partial charge in [0.25, 0.3) is 0 Å². The van der Waals surface area contributed by atoms with Crippen LogP contribution in [0.25, 0.3) is 0 Å². The fourth-order valence-electron chi connectivity index (χ4n) is 2.28. The second-order valence-electron chi connectivity index (χ2n) is 5.20. The molecule has 4 heteroatoms. The van der Waals surface area contributed by atoms with Crippen LogP contribution in [0.2, 0.25) is 0 Å². The molecule has 0 unspecified atom stereocenters. The van der Waals surface area contributed by atoms with Gasteiger partial charge in [-0.05, 0) is 42.8 Å². The number of nitrogens with two attached hydrogens (primary N) is 1. The van der Waals surface area contributed by atoms with Crippen molar-refractivity contribution in [2.24, 2.45) is 5.73 Å². The zero-order valence-corrected chi connectivity index (χ0v) is 14.2. The van der Waals surface area contributed by atoms with E-state index in [4.69, 9.17) is 5.73 Å². The monoisotopic (exact) mass is 347 g/mol. The van der Waals surface area contributed by atoms with Crippen LogP contribution in [0.15, 0.2) is 40.9 Å². The molecule has 0 bridgehead atoms. The fourth-order valence-corrected chi connectivity index (χ4v) is 2.83. The number of hydrogen-bond donors (Lipinski definition) is 1. The largest absolute Gasteiger partial charge is 0.326 e. The van der Waals surface area contributed by atoms with Crippen LogP contribution in [0.3, 0.4) is 0 Å². The Morgan fingerprint density at radius 2 is 2.00 bits per heavy atom. The van der Waals surface area contributed by atoms with Crippen molar-refractivity contribution < 1.29 is 0 Å². The highest BCUT2D eigenvalue weighted by atomic mass is 79.9. The SMILES string of the molecule is CCN(Cc1cccc(C)n1)Cc1ccc(CN)cc1Br. The Kier molecular flexibility index (Phi) is 5.91. The summed E-state index contributed by atoms with van der Waals surface area (Å²) < 4.78 is 1.13. The van der Waals surface area contributed by atoms with Gasteiger partial charge < -0.3 is 5.73 Å². The van der Waals surface area contributed by atoms with Gasteiger partial charge in [-0.15, -0.1) is 0 Å². The summed E-state index contributed by atoms with van der Waals surface area (Å²) in [5, 5.41) is 0. The maximum atomic E-state index is 5.67. The van der Waals surface area contributed by atoms with Gasteiger partial charge in [-0.1, -0.05) is 41.1 Å². The van der Waals surface area contributed by atoms with Gasteiger partial charge >= 0.3 is 0 Å². The van der Waals surface area contributed by atoms with E-state index >= 15 is 0 Å². The van der Waals surface area contributed by atoms with Crippen LogP contribution in [0.1, 0.15) is 29.4 Å². The molecule has 0 aliphatic rings. The second-order valence-corrected chi connectivity index (χ2v) is 6.06. The first-order valence-electron chi connectivity index (χ1n) is 7.24. The number of benzene rings is 1. The van der Waals surface area contributed by atoms with Crippen LogP contribution >= 0.6 is 15.9 Å². The van der Waals surface area contributed by atoms with E-state index in [1.165, 1.54) is 5.56 Å². The van der Waals surface area contributed by atoms with Crippen molar-refractivity contribution in [1.82, 2.24) is 9.88 Å². The summed E-state index contributed by atoms with van der Waals surface area (Å²) in [7, 11) is 0. The fraction of sp³-hybridized carbons (Fsp3) is 0.353. The molecule has 2 rings (SSSR count). The molecule has 0 aliphatic heterocycles. The molecular weight excluding hydrogens is 326 g/mol. The van der Waals surface area contributed by atoms with E-state index in [9.17, 15) is 0 Å². The highest BCUT2D eigenvalue weighted by Gasteiger charge is 2.09. The van der Waals surface area contributed by atoms with Gasteiger partial charge in [0.05, 0.1) is 5.69 Å². The number of halogens is 1. The normalized spacial score (nSPS) is 11.1. The van der Waals surface area contributed by atoms with Crippen LogP contribution in [0.4, 0.5) is 0 Å². The third kappa shape index (κ3) is 4.63. The van der Waals surface area contributed by atoms with E-state index in [0.717, 1.165) is 41.1 Å². The van der Waals surface area contributed by atoms with E-state index in [1.807, 2.05) is 13.0 Å². The van der Waals surface area contributed by atoms with E-state index in [1.54, 1.807) is 0 Å². The first-order chi connectivity index (χ1) is 10.1. The molecule has 0 spiro atoms. The van der Waals surface area contributed by atoms with Crippen molar-refractivity contribution in [1.29, 1.82) is 0 Å². The lowest BCUT2D eigenvalue weighted by Crippen LogP contribution is -2.23. The first-order valence-corrected chi connectivity index (χ1v) is 8.04. The molecule has 112 valence electrons. The molecule has 0 fully saturated rings. The molecule has 0 saturated carbocycles. The van der Waals surface area contributed by atoms with Crippen LogP contribution in [-0.2, 0) is 19.6 Å². The summed E-state index contributed by atoms with van der Waals surface area (Å²) in [4.78, 5) is 6.96. The maximum absolute atomic E-state index is 5.67. The van der Waals surface area contributed by atoms with Crippen LogP contribution < -0.4 is 5.73 Å². The quantitative estimate of drug-likeness (QED) is 0.867. The lowest BCUT2D eigenvalue weighted by Gasteiger charge is -2.21. The predicted octanol–water partition coefficient (Wildman–Crippen LogP) is 3.63. The van der Waals surface area contributed by atoms with Gasteiger partial charge in [-0.2, -0.15) is 0 Å². The predicted molar refractivity (Wildman–Crippen MR) is 90.8 cm³/mol. The van der Waals surface area contributed by atoms with Crippen molar-refractivity contribution in [2.45, 2.75) is 33.5 Å². The Balaban J connectivity index is 2.08. The summed E-state index contributed by atoms with van der Waals surface area (Å²) in [5.41, 5.74) is 10.3. The van der Waals surface area contributed by atoms with Gasteiger partial charge in [-0.25, -0.2) is 0 Å². The minimum absolute atomic E-state index is 0.573. The van der Waals surface area contributed by atoms with Crippen LogP contribution in [0, 0.1) is 6.92 Å². The summed E-state index contributed by atoms with van der Waals surface area (Å²) in [5.74, 6) is 0. The van der Waals surface area contributed by atoms with Gasteiger partial charge in [0.2, 0.25) is 0 Å². The lowest BCUT2D eigenvalue weighted by atomic mass is 10.1. The van der Waals surface area contributed by atoms with Crippen molar-refractivity contribution in [3.63, 3.8) is 0 Å². The zero-order chi connectivity index (χ0) is 15.2. The molecule has 21 heavy (non-hydrogen) atoms. The minimum Gasteiger partial charge on any atom is -0.326 e. The average molecular weight is 348 g/mol. The maximum Gasteiger partial charge on any atom is 0.0547 e. The van der Waals surface area contributed by atoms with Crippen molar-refractivity contribution in [3.8, 4) is 0 Å². The van der Waals surface area contributed by atoms with E-state index in [-0.39, 0.29) is 0 Å². The Morgan fingerprint density at radius 3 is 2.62 bits per heavy atom. The molecule has 0 saturated heterocycles. The summed E-state index contributed by atoms with van der Waals surface area (Å²) in [6, 6.07) is 12.5. The number of rotatable bonds is 6. The molecule has 1 heterocycles. The van der Waals surface area contributed by atoms with E-state index < -0.39 is 0 Å². The lowest BCUT2D eigenvalue weighted by molar-refractivity contribution is 0.267. The minimum atomic E-state index is 0.573. The van der Waals surface area contributed by atoms with Gasteiger partial charge in [0.15, 0.2) is 0 Å². The summed E-state index contributed by atoms with van der Waals surface area (Å²) in [6.07, 6.45) is 0. The molecule has 2 N–H and O–H groups in total. The first kappa shape index (κ1) is 16.1. The number of aryl methyl sites for hydroxylation is 1. The van der Waals surface area contributed by atoms with Crippen LogP contribution in [0.5, 0.6) is 0 Å². The van der Waals surface area contributed by atoms with Crippen molar-refractivity contribution in [2.75, 3.05) is 6.54 Å². The topological polar surface area (TPSA) is 42.2 Å². The molecule has 3 nitrogen and oxygen atoms in total. The molecule has 0 amide bonds. The molecule has 0 atom stereocenters. The third-order valence-corrected chi connectivity index (χ3v) is 4.26. The number of pyridine rings is 1. The highest BCUT2D eigenvalue weighted by Crippen LogP contribution is 2.21.